The fraction of sp³-hybridized carbons (Fsp3) is 0.480. The first-order valence-corrected chi connectivity index (χ1v) is 11.7. The Balaban J connectivity index is 1.34. The lowest BCUT2D eigenvalue weighted by molar-refractivity contribution is -0.158. The maximum absolute atomic E-state index is 13.3. The van der Waals surface area contributed by atoms with Gasteiger partial charge in [0.1, 0.15) is 5.82 Å². The predicted molar refractivity (Wildman–Crippen MR) is 123 cm³/mol. The van der Waals surface area contributed by atoms with E-state index in [1.165, 1.54) is 12.1 Å². The third kappa shape index (κ3) is 6.98. The predicted octanol–water partition coefficient (Wildman–Crippen LogP) is 3.29. The molecule has 2 fully saturated rings. The summed E-state index contributed by atoms with van der Waals surface area (Å²) in [7, 11) is 0. The summed E-state index contributed by atoms with van der Waals surface area (Å²) in [6.07, 6.45) is 0.845. The molecule has 0 saturated carbocycles. The van der Waals surface area contributed by atoms with E-state index in [4.69, 9.17) is 21.1 Å². The lowest BCUT2D eigenvalue weighted by Crippen LogP contribution is -2.55. The molecular weight excluding hydrogens is 447 g/mol. The molecule has 2 N–H and O–H groups in total. The smallest absolute Gasteiger partial charge is 0.222 e. The monoisotopic (exact) mass is 476 g/mol. The van der Waals surface area contributed by atoms with Crippen molar-refractivity contribution in [1.29, 1.82) is 0 Å². The van der Waals surface area contributed by atoms with E-state index in [-0.39, 0.29) is 49.5 Å². The Kier molecular flexibility index (Phi) is 8.33. The van der Waals surface area contributed by atoms with E-state index in [9.17, 15) is 14.3 Å². The second-order valence-corrected chi connectivity index (χ2v) is 9.24. The van der Waals surface area contributed by atoms with Crippen molar-refractivity contribution in [2.24, 2.45) is 0 Å². The highest BCUT2D eigenvalue weighted by Crippen LogP contribution is 2.29. The molecule has 2 aliphatic heterocycles. The van der Waals surface area contributed by atoms with Gasteiger partial charge in [-0.2, -0.15) is 0 Å². The molecule has 0 radical (unpaired) electrons. The van der Waals surface area contributed by atoms with Crippen LogP contribution in [0.3, 0.4) is 0 Å². The van der Waals surface area contributed by atoms with Crippen LogP contribution in [-0.4, -0.2) is 60.0 Å². The van der Waals surface area contributed by atoms with Crippen LogP contribution in [0.1, 0.15) is 30.4 Å². The standard InChI is InChI=1S/C25H30ClFN2O4/c26-19-5-1-4-18(9-19)13-29-14-21(30)15-32-16-24-23(29)8-7-22(33-24)11-25(31)28-12-17-3-2-6-20(27)10-17/h1-6,9-10,21-24,30H,7-8,11-16H2,(H,28,31)/t21-,22+,23-,24+/m0/s1. The van der Waals surface area contributed by atoms with Crippen LogP contribution < -0.4 is 5.32 Å². The van der Waals surface area contributed by atoms with Crippen molar-refractivity contribution >= 4 is 17.5 Å². The average Bonchev–Trinajstić information content (AvgIpc) is 2.77. The Morgan fingerprint density at radius 3 is 2.79 bits per heavy atom. The summed E-state index contributed by atoms with van der Waals surface area (Å²) in [6.45, 7) is 2.03. The zero-order valence-electron chi connectivity index (χ0n) is 18.5. The number of rotatable bonds is 6. The van der Waals surface area contributed by atoms with Crippen LogP contribution in [-0.2, 0) is 27.4 Å². The maximum Gasteiger partial charge on any atom is 0.222 e. The Morgan fingerprint density at radius 2 is 1.97 bits per heavy atom. The van der Waals surface area contributed by atoms with E-state index in [0.29, 0.717) is 24.7 Å². The number of carbonyl (C=O) groups excluding carboxylic acids is 1. The van der Waals surface area contributed by atoms with Crippen LogP contribution >= 0.6 is 11.6 Å². The molecule has 1 amide bonds. The van der Waals surface area contributed by atoms with Crippen molar-refractivity contribution in [3.05, 3.63) is 70.5 Å². The number of carbonyl (C=O) groups is 1. The second-order valence-electron chi connectivity index (χ2n) is 8.80. The van der Waals surface area contributed by atoms with E-state index in [0.717, 1.165) is 24.0 Å². The van der Waals surface area contributed by atoms with E-state index in [2.05, 4.69) is 10.2 Å². The molecular formula is C25H30ClFN2O4. The van der Waals surface area contributed by atoms with Gasteiger partial charge in [0.05, 0.1) is 37.9 Å². The van der Waals surface area contributed by atoms with E-state index in [1.54, 1.807) is 12.1 Å². The third-order valence-corrected chi connectivity index (χ3v) is 6.39. The molecule has 6 nitrogen and oxygen atoms in total. The molecule has 0 spiro atoms. The van der Waals surface area contributed by atoms with Gasteiger partial charge in [-0.3, -0.25) is 9.69 Å². The zero-order valence-corrected chi connectivity index (χ0v) is 19.2. The van der Waals surface area contributed by atoms with E-state index in [1.807, 2.05) is 24.3 Å². The number of benzene rings is 2. The molecule has 2 saturated heterocycles. The van der Waals surface area contributed by atoms with Crippen LogP contribution in [0.25, 0.3) is 0 Å². The van der Waals surface area contributed by atoms with Gasteiger partial charge in [-0.15, -0.1) is 0 Å². The van der Waals surface area contributed by atoms with Gasteiger partial charge >= 0.3 is 0 Å². The number of fused-ring (bicyclic) bond motifs is 1. The first-order valence-electron chi connectivity index (χ1n) is 11.4. The quantitative estimate of drug-likeness (QED) is 0.669. The average molecular weight is 477 g/mol. The first kappa shape index (κ1) is 24.1. The maximum atomic E-state index is 13.3. The lowest BCUT2D eigenvalue weighted by atomic mass is 9.94. The molecule has 2 aliphatic rings. The minimum absolute atomic E-state index is 0.0746. The van der Waals surface area contributed by atoms with Crippen molar-refractivity contribution in [3.8, 4) is 0 Å². The summed E-state index contributed by atoms with van der Waals surface area (Å²) in [4.78, 5) is 14.7. The number of hydrogen-bond acceptors (Lipinski definition) is 5. The number of aliphatic hydroxyl groups excluding tert-OH is 1. The topological polar surface area (TPSA) is 71.0 Å². The summed E-state index contributed by atoms with van der Waals surface area (Å²) in [6, 6.07) is 14.0. The molecule has 0 bridgehead atoms. The number of ether oxygens (including phenoxy) is 2. The number of amides is 1. The molecule has 0 aromatic heterocycles. The second kappa shape index (κ2) is 11.4. The van der Waals surface area contributed by atoms with Crippen molar-refractivity contribution < 1.29 is 23.8 Å². The van der Waals surface area contributed by atoms with Gasteiger partial charge in [-0.05, 0) is 48.2 Å². The van der Waals surface area contributed by atoms with Crippen LogP contribution in [0.5, 0.6) is 0 Å². The van der Waals surface area contributed by atoms with Gasteiger partial charge < -0.3 is 19.9 Å². The molecule has 178 valence electrons. The van der Waals surface area contributed by atoms with Crippen molar-refractivity contribution in [2.45, 2.75) is 56.7 Å². The molecule has 0 aliphatic carbocycles. The van der Waals surface area contributed by atoms with Gasteiger partial charge in [0, 0.05) is 30.7 Å². The summed E-state index contributed by atoms with van der Waals surface area (Å²) in [5, 5.41) is 13.9. The van der Waals surface area contributed by atoms with Crippen molar-refractivity contribution in [1.82, 2.24) is 10.2 Å². The minimum Gasteiger partial charge on any atom is -0.389 e. The highest BCUT2D eigenvalue weighted by atomic mass is 35.5. The molecule has 2 aromatic rings. The fourth-order valence-electron chi connectivity index (χ4n) is 4.62. The molecule has 2 heterocycles. The number of nitrogens with one attached hydrogen (secondary N) is 1. The van der Waals surface area contributed by atoms with Crippen LogP contribution in [0, 0.1) is 5.82 Å². The number of aliphatic hydroxyl groups is 1. The molecule has 8 heteroatoms. The van der Waals surface area contributed by atoms with Crippen LogP contribution in [0.15, 0.2) is 48.5 Å². The largest absolute Gasteiger partial charge is 0.389 e. The van der Waals surface area contributed by atoms with Gasteiger partial charge in [-0.25, -0.2) is 4.39 Å². The highest BCUT2D eigenvalue weighted by Gasteiger charge is 2.38. The Morgan fingerprint density at radius 1 is 1.15 bits per heavy atom. The van der Waals surface area contributed by atoms with Gasteiger partial charge in [0.2, 0.25) is 5.91 Å². The van der Waals surface area contributed by atoms with E-state index >= 15 is 0 Å². The minimum atomic E-state index is -0.573. The first-order chi connectivity index (χ1) is 16.0. The SMILES string of the molecule is O=C(C[C@H]1CC[C@H]2[C@@H](COC[C@@H](O)CN2Cc2cccc(Cl)c2)O1)NCc1cccc(F)c1. The van der Waals surface area contributed by atoms with Crippen molar-refractivity contribution in [2.75, 3.05) is 19.8 Å². The summed E-state index contributed by atoms with van der Waals surface area (Å²) in [5.74, 6) is -0.444. The van der Waals surface area contributed by atoms with Crippen LogP contribution in [0.2, 0.25) is 5.02 Å². The van der Waals surface area contributed by atoms with Crippen LogP contribution in [0.4, 0.5) is 4.39 Å². The summed E-state index contributed by atoms with van der Waals surface area (Å²) >= 11 is 6.16. The molecule has 2 aromatic carbocycles. The van der Waals surface area contributed by atoms with Gasteiger partial charge in [0.25, 0.3) is 0 Å². The van der Waals surface area contributed by atoms with Gasteiger partial charge in [-0.1, -0.05) is 35.9 Å². The molecule has 0 unspecified atom stereocenters. The molecule has 4 rings (SSSR count). The summed E-state index contributed by atoms with van der Waals surface area (Å²) < 4.78 is 25.3. The summed E-state index contributed by atoms with van der Waals surface area (Å²) in [5.41, 5.74) is 1.80. The normalized spacial score (nSPS) is 26.2. The van der Waals surface area contributed by atoms with Gasteiger partial charge in [0.15, 0.2) is 0 Å². The fourth-order valence-corrected chi connectivity index (χ4v) is 4.84. The van der Waals surface area contributed by atoms with Crippen molar-refractivity contribution in [3.63, 3.8) is 0 Å². The molecule has 4 atom stereocenters. The number of halogens is 2. The highest BCUT2D eigenvalue weighted by molar-refractivity contribution is 6.30. The third-order valence-electron chi connectivity index (χ3n) is 6.15. The lowest BCUT2D eigenvalue weighted by Gasteiger charge is -2.44. The Labute approximate surface area is 198 Å². The Hall–Kier alpha value is -2.03. The number of β-amino-alcohol motifs (C(OH)–C–C–N with tert-alkyl or cyclic N) is 1. The van der Waals surface area contributed by atoms with E-state index < -0.39 is 6.10 Å². The number of nitrogens with zero attached hydrogens (tertiary/aromatic N) is 1. The number of hydrogen-bond donors (Lipinski definition) is 2. The Bertz CT molecular complexity index is 946. The molecule has 33 heavy (non-hydrogen) atoms. The zero-order chi connectivity index (χ0) is 23.2.